The third kappa shape index (κ3) is 4.60. The molecule has 0 aliphatic rings. The van der Waals surface area contributed by atoms with E-state index in [1.54, 1.807) is 13.4 Å². The molecule has 1 atom stereocenters. The average molecular weight is 168 g/mol. The lowest BCUT2D eigenvalue weighted by atomic mass is 10.2. The first kappa shape index (κ1) is 10.8. The van der Waals surface area contributed by atoms with E-state index >= 15 is 0 Å². The summed E-state index contributed by atoms with van der Waals surface area (Å²) in [5.41, 5.74) is 0.951. The molecular formula is C8H16N4. The van der Waals surface area contributed by atoms with Crippen molar-refractivity contribution < 1.29 is 0 Å². The standard InChI is InChI=1S/C8H16N4/c1-7(11-5-9-3)8(2)12-6-10-4/h5-7H,1-4H3,(H,9,11)/b10-6-,12-8-. The lowest BCUT2D eigenvalue weighted by Crippen LogP contribution is -2.14. The summed E-state index contributed by atoms with van der Waals surface area (Å²) in [7, 11) is 3.51. The minimum atomic E-state index is 0.107. The summed E-state index contributed by atoms with van der Waals surface area (Å²) in [5, 5.41) is 2.83. The van der Waals surface area contributed by atoms with Crippen molar-refractivity contribution in [2.45, 2.75) is 19.9 Å². The van der Waals surface area contributed by atoms with Gasteiger partial charge in [0.2, 0.25) is 0 Å². The third-order valence-corrected chi connectivity index (χ3v) is 1.41. The topological polar surface area (TPSA) is 49.1 Å². The van der Waals surface area contributed by atoms with Crippen LogP contribution < -0.4 is 5.32 Å². The third-order valence-electron chi connectivity index (χ3n) is 1.41. The molecule has 0 saturated heterocycles. The molecule has 0 aromatic heterocycles. The first-order valence-corrected chi connectivity index (χ1v) is 3.86. The quantitative estimate of drug-likeness (QED) is 0.488. The average Bonchev–Trinajstić information content (AvgIpc) is 2.10. The van der Waals surface area contributed by atoms with E-state index in [1.807, 2.05) is 20.9 Å². The Kier molecular flexibility index (Phi) is 5.87. The molecule has 0 fully saturated rings. The Bertz CT molecular complexity index is 193. The van der Waals surface area contributed by atoms with Gasteiger partial charge in [-0.3, -0.25) is 9.98 Å². The second kappa shape index (κ2) is 6.52. The highest BCUT2D eigenvalue weighted by Gasteiger charge is 1.99. The number of hydrogen-bond donors (Lipinski definition) is 1. The van der Waals surface area contributed by atoms with Crippen LogP contribution in [-0.4, -0.2) is 38.5 Å². The van der Waals surface area contributed by atoms with Gasteiger partial charge < -0.3 is 5.32 Å². The van der Waals surface area contributed by atoms with Gasteiger partial charge in [-0.05, 0) is 13.8 Å². The number of rotatable bonds is 4. The molecule has 0 bridgehead atoms. The molecule has 0 amide bonds. The minimum Gasteiger partial charge on any atom is -0.379 e. The van der Waals surface area contributed by atoms with E-state index in [-0.39, 0.29) is 6.04 Å². The second-order valence-electron chi connectivity index (χ2n) is 2.39. The zero-order valence-corrected chi connectivity index (χ0v) is 8.07. The van der Waals surface area contributed by atoms with Crippen molar-refractivity contribution in [3.63, 3.8) is 0 Å². The second-order valence-corrected chi connectivity index (χ2v) is 2.39. The Hall–Kier alpha value is -1.19. The SMILES string of the molecule is C/N=C\N=C(\C)C(C)/N=C\NC. The van der Waals surface area contributed by atoms with E-state index in [9.17, 15) is 0 Å². The van der Waals surface area contributed by atoms with Crippen molar-refractivity contribution in [3.8, 4) is 0 Å². The van der Waals surface area contributed by atoms with E-state index in [0.29, 0.717) is 0 Å². The van der Waals surface area contributed by atoms with Crippen LogP contribution in [0.1, 0.15) is 13.8 Å². The highest BCUT2D eigenvalue weighted by atomic mass is 14.9. The van der Waals surface area contributed by atoms with Crippen LogP contribution in [0.15, 0.2) is 15.0 Å². The normalized spacial score (nSPS) is 15.8. The molecule has 12 heavy (non-hydrogen) atoms. The zero-order chi connectivity index (χ0) is 9.40. The summed E-state index contributed by atoms with van der Waals surface area (Å²) in [6.07, 6.45) is 3.19. The Morgan fingerprint density at radius 1 is 1.50 bits per heavy atom. The molecule has 1 unspecified atom stereocenters. The maximum Gasteiger partial charge on any atom is 0.109 e. The van der Waals surface area contributed by atoms with Crippen LogP contribution in [-0.2, 0) is 0 Å². The molecule has 0 aliphatic carbocycles. The Labute approximate surface area is 73.5 Å². The summed E-state index contributed by atoms with van der Waals surface area (Å²) in [6, 6.07) is 0.107. The van der Waals surface area contributed by atoms with E-state index in [2.05, 4.69) is 20.3 Å². The van der Waals surface area contributed by atoms with Crippen LogP contribution in [0.5, 0.6) is 0 Å². The Morgan fingerprint density at radius 2 is 2.17 bits per heavy atom. The summed E-state index contributed by atoms with van der Waals surface area (Å²) in [6.45, 7) is 3.91. The molecule has 0 saturated carbocycles. The molecular weight excluding hydrogens is 152 g/mol. The van der Waals surface area contributed by atoms with Gasteiger partial charge in [0, 0.05) is 19.8 Å². The molecule has 0 spiro atoms. The van der Waals surface area contributed by atoms with Crippen molar-refractivity contribution in [3.05, 3.63) is 0 Å². The first-order chi connectivity index (χ1) is 5.72. The zero-order valence-electron chi connectivity index (χ0n) is 8.07. The van der Waals surface area contributed by atoms with Crippen molar-refractivity contribution in [2.24, 2.45) is 15.0 Å². The minimum absolute atomic E-state index is 0.107. The van der Waals surface area contributed by atoms with Crippen LogP contribution in [0.4, 0.5) is 0 Å². The van der Waals surface area contributed by atoms with Crippen molar-refractivity contribution in [2.75, 3.05) is 14.1 Å². The van der Waals surface area contributed by atoms with Gasteiger partial charge >= 0.3 is 0 Å². The predicted molar refractivity (Wildman–Crippen MR) is 54.5 cm³/mol. The molecule has 4 nitrogen and oxygen atoms in total. The van der Waals surface area contributed by atoms with Gasteiger partial charge in [-0.1, -0.05) is 0 Å². The van der Waals surface area contributed by atoms with E-state index < -0.39 is 0 Å². The maximum absolute atomic E-state index is 4.17. The van der Waals surface area contributed by atoms with Crippen LogP contribution in [0.3, 0.4) is 0 Å². The largest absolute Gasteiger partial charge is 0.379 e. The summed E-state index contributed by atoms with van der Waals surface area (Å²) in [4.78, 5) is 12.0. The molecule has 0 aliphatic heterocycles. The van der Waals surface area contributed by atoms with Gasteiger partial charge in [0.25, 0.3) is 0 Å². The molecule has 1 N–H and O–H groups in total. The number of nitrogens with zero attached hydrogens (tertiary/aromatic N) is 3. The Morgan fingerprint density at radius 3 is 2.67 bits per heavy atom. The van der Waals surface area contributed by atoms with Crippen molar-refractivity contribution in [1.29, 1.82) is 0 Å². The van der Waals surface area contributed by atoms with Crippen molar-refractivity contribution in [1.82, 2.24) is 5.32 Å². The molecule has 0 aromatic rings. The van der Waals surface area contributed by atoms with E-state index in [1.165, 1.54) is 6.34 Å². The van der Waals surface area contributed by atoms with Crippen LogP contribution in [0.2, 0.25) is 0 Å². The number of nitrogens with one attached hydrogen (secondary N) is 1. The molecule has 4 heteroatoms. The lowest BCUT2D eigenvalue weighted by molar-refractivity contribution is 0.961. The molecule has 0 heterocycles. The lowest BCUT2D eigenvalue weighted by Gasteiger charge is -2.02. The molecule has 0 radical (unpaired) electrons. The molecule has 68 valence electrons. The summed E-state index contributed by atoms with van der Waals surface area (Å²) >= 11 is 0. The van der Waals surface area contributed by atoms with Gasteiger partial charge in [0.15, 0.2) is 0 Å². The van der Waals surface area contributed by atoms with Gasteiger partial charge in [-0.25, -0.2) is 4.99 Å². The van der Waals surface area contributed by atoms with E-state index in [0.717, 1.165) is 5.71 Å². The highest BCUT2D eigenvalue weighted by molar-refractivity contribution is 5.93. The van der Waals surface area contributed by atoms with Gasteiger partial charge in [0.05, 0.1) is 12.4 Å². The first-order valence-electron chi connectivity index (χ1n) is 3.86. The molecule has 0 rings (SSSR count). The maximum atomic E-state index is 4.17. The monoisotopic (exact) mass is 168 g/mol. The highest BCUT2D eigenvalue weighted by Crippen LogP contribution is 1.91. The van der Waals surface area contributed by atoms with Crippen LogP contribution >= 0.6 is 0 Å². The van der Waals surface area contributed by atoms with Crippen molar-refractivity contribution >= 4 is 18.4 Å². The number of aliphatic imine (C=N–C) groups is 3. The van der Waals surface area contributed by atoms with Crippen LogP contribution in [0, 0.1) is 0 Å². The smallest absolute Gasteiger partial charge is 0.109 e. The summed E-state index contributed by atoms with van der Waals surface area (Å²) < 4.78 is 0. The summed E-state index contributed by atoms with van der Waals surface area (Å²) in [5.74, 6) is 0. The fourth-order valence-electron chi connectivity index (χ4n) is 0.551. The predicted octanol–water partition coefficient (Wildman–Crippen LogP) is 0.742. The van der Waals surface area contributed by atoms with Gasteiger partial charge in [0.1, 0.15) is 6.34 Å². The van der Waals surface area contributed by atoms with Gasteiger partial charge in [-0.2, -0.15) is 0 Å². The van der Waals surface area contributed by atoms with Crippen LogP contribution in [0.25, 0.3) is 0 Å². The molecule has 0 aromatic carbocycles. The van der Waals surface area contributed by atoms with Gasteiger partial charge in [-0.15, -0.1) is 0 Å². The van der Waals surface area contributed by atoms with E-state index in [4.69, 9.17) is 0 Å². The fourth-order valence-corrected chi connectivity index (χ4v) is 0.551. The number of hydrogen-bond acceptors (Lipinski definition) is 2. The fraction of sp³-hybridized carbons (Fsp3) is 0.625. The Balaban J connectivity index is 4.08.